The molecule has 0 unspecified atom stereocenters. The lowest BCUT2D eigenvalue weighted by molar-refractivity contribution is -0.125. The standard InChI is InChI=1S/C16H28N4O2/c1-11-12(2)22-14(19-11)10-20-7-5-13(6-8-20)9-18-15(21)16(3,4)17/h13H,5-10,17H2,1-4H3,(H,18,21). The van der Waals surface area contributed by atoms with Gasteiger partial charge in [0.1, 0.15) is 5.76 Å². The highest BCUT2D eigenvalue weighted by molar-refractivity contribution is 5.84. The molecule has 1 aromatic rings. The van der Waals surface area contributed by atoms with Crippen LogP contribution in [0.2, 0.25) is 0 Å². The molecule has 1 fully saturated rings. The Balaban J connectivity index is 1.73. The number of oxazole rings is 1. The number of likely N-dealkylation sites (tertiary alicyclic amines) is 1. The van der Waals surface area contributed by atoms with Gasteiger partial charge >= 0.3 is 0 Å². The number of piperidine rings is 1. The molecule has 1 aliphatic rings. The Morgan fingerprint density at radius 2 is 2.05 bits per heavy atom. The minimum atomic E-state index is -0.804. The maximum absolute atomic E-state index is 11.8. The smallest absolute Gasteiger partial charge is 0.239 e. The normalized spacial score (nSPS) is 17.7. The highest BCUT2D eigenvalue weighted by Gasteiger charge is 2.25. The highest BCUT2D eigenvalue weighted by Crippen LogP contribution is 2.19. The average Bonchev–Trinajstić information content (AvgIpc) is 2.75. The van der Waals surface area contributed by atoms with Crippen molar-refractivity contribution in [2.45, 2.75) is 52.6 Å². The number of carbonyl (C=O) groups is 1. The van der Waals surface area contributed by atoms with Gasteiger partial charge in [-0.1, -0.05) is 0 Å². The van der Waals surface area contributed by atoms with Gasteiger partial charge in [0.05, 0.1) is 17.8 Å². The number of aryl methyl sites for hydroxylation is 2. The summed E-state index contributed by atoms with van der Waals surface area (Å²) in [4.78, 5) is 18.6. The van der Waals surface area contributed by atoms with E-state index in [1.54, 1.807) is 13.8 Å². The van der Waals surface area contributed by atoms with E-state index >= 15 is 0 Å². The van der Waals surface area contributed by atoms with E-state index in [1.807, 2.05) is 13.8 Å². The third kappa shape index (κ3) is 4.55. The predicted molar refractivity (Wildman–Crippen MR) is 85.3 cm³/mol. The van der Waals surface area contributed by atoms with Gasteiger partial charge in [0.25, 0.3) is 0 Å². The van der Waals surface area contributed by atoms with Gasteiger partial charge in [-0.3, -0.25) is 9.69 Å². The summed E-state index contributed by atoms with van der Waals surface area (Å²) in [6, 6.07) is 0. The Kier molecular flexibility index (Phi) is 5.24. The third-order valence-corrected chi connectivity index (χ3v) is 4.28. The van der Waals surface area contributed by atoms with Crippen molar-refractivity contribution in [1.82, 2.24) is 15.2 Å². The van der Waals surface area contributed by atoms with Crippen LogP contribution in [-0.2, 0) is 11.3 Å². The quantitative estimate of drug-likeness (QED) is 0.858. The molecule has 0 aromatic carbocycles. The van der Waals surface area contributed by atoms with Gasteiger partial charge in [-0.15, -0.1) is 0 Å². The first-order valence-electron chi connectivity index (χ1n) is 7.98. The van der Waals surface area contributed by atoms with Crippen molar-refractivity contribution in [3.63, 3.8) is 0 Å². The molecule has 6 nitrogen and oxygen atoms in total. The van der Waals surface area contributed by atoms with Gasteiger partial charge in [0.2, 0.25) is 11.8 Å². The topological polar surface area (TPSA) is 84.4 Å². The molecule has 3 N–H and O–H groups in total. The molecule has 0 aliphatic carbocycles. The summed E-state index contributed by atoms with van der Waals surface area (Å²) in [5.41, 5.74) is 5.94. The van der Waals surface area contributed by atoms with Crippen LogP contribution in [0.3, 0.4) is 0 Å². The van der Waals surface area contributed by atoms with Crippen LogP contribution in [0.1, 0.15) is 44.0 Å². The Bertz CT molecular complexity index is 491. The van der Waals surface area contributed by atoms with Gasteiger partial charge in [-0.05, 0) is 59.5 Å². The number of hydrogen-bond acceptors (Lipinski definition) is 5. The van der Waals surface area contributed by atoms with Crippen molar-refractivity contribution in [2.75, 3.05) is 19.6 Å². The second-order valence-electron chi connectivity index (χ2n) is 6.90. The van der Waals surface area contributed by atoms with Crippen molar-refractivity contribution in [3.05, 3.63) is 17.3 Å². The summed E-state index contributed by atoms with van der Waals surface area (Å²) < 4.78 is 5.64. The number of nitrogens with one attached hydrogen (secondary N) is 1. The monoisotopic (exact) mass is 308 g/mol. The average molecular weight is 308 g/mol. The van der Waals surface area contributed by atoms with E-state index in [1.165, 1.54) is 0 Å². The van der Waals surface area contributed by atoms with E-state index in [2.05, 4.69) is 15.2 Å². The number of rotatable bonds is 5. The summed E-state index contributed by atoms with van der Waals surface area (Å²) >= 11 is 0. The molecule has 22 heavy (non-hydrogen) atoms. The lowest BCUT2D eigenvalue weighted by Gasteiger charge is -2.31. The maximum Gasteiger partial charge on any atom is 0.239 e. The molecule has 2 heterocycles. The summed E-state index contributed by atoms with van der Waals surface area (Å²) in [7, 11) is 0. The van der Waals surface area contributed by atoms with Gasteiger partial charge in [0.15, 0.2) is 0 Å². The number of aromatic nitrogens is 1. The molecule has 124 valence electrons. The van der Waals surface area contributed by atoms with Crippen molar-refractivity contribution >= 4 is 5.91 Å². The molecule has 0 bridgehead atoms. The number of nitrogens with zero attached hydrogens (tertiary/aromatic N) is 2. The molecular weight excluding hydrogens is 280 g/mol. The van der Waals surface area contributed by atoms with E-state index in [9.17, 15) is 4.79 Å². The van der Waals surface area contributed by atoms with E-state index in [0.717, 1.165) is 49.8 Å². The molecule has 2 rings (SSSR count). The Morgan fingerprint density at radius 3 is 2.55 bits per heavy atom. The Hall–Kier alpha value is -1.40. The number of nitrogens with two attached hydrogens (primary N) is 1. The first-order valence-corrected chi connectivity index (χ1v) is 7.98. The van der Waals surface area contributed by atoms with Crippen LogP contribution in [0.4, 0.5) is 0 Å². The summed E-state index contributed by atoms with van der Waals surface area (Å²) in [5, 5.41) is 2.95. The zero-order chi connectivity index (χ0) is 16.3. The second-order valence-corrected chi connectivity index (χ2v) is 6.90. The molecule has 1 aromatic heterocycles. The van der Waals surface area contributed by atoms with Gasteiger partial charge in [-0.2, -0.15) is 0 Å². The first kappa shape index (κ1) is 17.0. The molecule has 0 saturated carbocycles. The lowest BCUT2D eigenvalue weighted by atomic mass is 9.96. The molecule has 0 atom stereocenters. The van der Waals surface area contributed by atoms with Crippen LogP contribution in [-0.4, -0.2) is 41.0 Å². The van der Waals surface area contributed by atoms with E-state index in [4.69, 9.17) is 10.2 Å². The molecule has 1 amide bonds. The number of amides is 1. The summed E-state index contributed by atoms with van der Waals surface area (Å²) in [6.07, 6.45) is 2.15. The zero-order valence-electron chi connectivity index (χ0n) is 14.1. The summed E-state index contributed by atoms with van der Waals surface area (Å²) in [6.45, 7) is 10.9. The molecule has 1 saturated heterocycles. The van der Waals surface area contributed by atoms with Gasteiger partial charge in [-0.25, -0.2) is 4.98 Å². The largest absolute Gasteiger partial charge is 0.444 e. The van der Waals surface area contributed by atoms with Crippen LogP contribution in [0, 0.1) is 19.8 Å². The van der Waals surface area contributed by atoms with Crippen LogP contribution in [0.25, 0.3) is 0 Å². The fraction of sp³-hybridized carbons (Fsp3) is 0.750. The summed E-state index contributed by atoms with van der Waals surface area (Å²) in [5.74, 6) is 2.14. The number of carbonyl (C=O) groups excluding carboxylic acids is 1. The maximum atomic E-state index is 11.8. The van der Waals surface area contributed by atoms with Gasteiger partial charge in [0, 0.05) is 6.54 Å². The first-order chi connectivity index (χ1) is 10.3. The van der Waals surface area contributed by atoms with E-state index in [-0.39, 0.29) is 5.91 Å². The van der Waals surface area contributed by atoms with Crippen molar-refractivity contribution in [1.29, 1.82) is 0 Å². The molecular formula is C16H28N4O2. The molecule has 1 aliphatic heterocycles. The Morgan fingerprint density at radius 1 is 1.41 bits per heavy atom. The van der Waals surface area contributed by atoms with Gasteiger partial charge < -0.3 is 15.5 Å². The van der Waals surface area contributed by atoms with E-state index in [0.29, 0.717) is 12.5 Å². The molecule has 6 heteroatoms. The van der Waals surface area contributed by atoms with Crippen LogP contribution >= 0.6 is 0 Å². The third-order valence-electron chi connectivity index (χ3n) is 4.28. The van der Waals surface area contributed by atoms with E-state index < -0.39 is 5.54 Å². The van der Waals surface area contributed by atoms with Crippen LogP contribution in [0.5, 0.6) is 0 Å². The van der Waals surface area contributed by atoms with Crippen LogP contribution < -0.4 is 11.1 Å². The second kappa shape index (κ2) is 6.79. The van der Waals surface area contributed by atoms with Crippen molar-refractivity contribution in [2.24, 2.45) is 11.7 Å². The number of hydrogen-bond donors (Lipinski definition) is 2. The molecule has 0 radical (unpaired) electrons. The van der Waals surface area contributed by atoms with Crippen LogP contribution in [0.15, 0.2) is 4.42 Å². The highest BCUT2D eigenvalue weighted by atomic mass is 16.4. The lowest BCUT2D eigenvalue weighted by Crippen LogP contribution is -2.50. The minimum absolute atomic E-state index is 0.0827. The minimum Gasteiger partial charge on any atom is -0.444 e. The van der Waals surface area contributed by atoms with Crippen molar-refractivity contribution < 1.29 is 9.21 Å². The predicted octanol–water partition coefficient (Wildman–Crippen LogP) is 1.36. The zero-order valence-corrected chi connectivity index (χ0v) is 14.1. The van der Waals surface area contributed by atoms with Crippen molar-refractivity contribution in [3.8, 4) is 0 Å². The Labute approximate surface area is 132 Å². The fourth-order valence-electron chi connectivity index (χ4n) is 2.61. The molecule has 0 spiro atoms. The SMILES string of the molecule is Cc1nc(CN2CCC(CNC(=O)C(C)(C)N)CC2)oc1C. The fourth-order valence-corrected chi connectivity index (χ4v) is 2.61.